The molecule has 4 nitrogen and oxygen atoms in total. The van der Waals surface area contributed by atoms with E-state index < -0.39 is 0 Å². The van der Waals surface area contributed by atoms with Crippen LogP contribution in [0.15, 0.2) is 30.7 Å². The number of hydrogen-bond acceptors (Lipinski definition) is 2. The Morgan fingerprint density at radius 2 is 2.22 bits per heavy atom. The van der Waals surface area contributed by atoms with Gasteiger partial charge in [-0.15, -0.1) is 0 Å². The van der Waals surface area contributed by atoms with Gasteiger partial charge >= 0.3 is 0 Å². The van der Waals surface area contributed by atoms with Gasteiger partial charge in [0.25, 0.3) is 5.91 Å². The third-order valence-corrected chi connectivity index (χ3v) is 3.01. The Morgan fingerprint density at radius 1 is 1.44 bits per heavy atom. The Kier molecular flexibility index (Phi) is 3.89. The molecule has 0 fully saturated rings. The maximum atomic E-state index is 12.0. The van der Waals surface area contributed by atoms with Crippen LogP contribution in [0, 0.1) is 0 Å². The van der Waals surface area contributed by atoms with Crippen LogP contribution < -0.4 is 5.32 Å². The molecule has 6 heteroatoms. The third kappa shape index (κ3) is 2.66. The van der Waals surface area contributed by atoms with E-state index in [2.05, 4.69) is 10.3 Å². The molecule has 94 valence electrons. The van der Waals surface area contributed by atoms with E-state index in [1.165, 1.54) is 6.20 Å². The summed E-state index contributed by atoms with van der Waals surface area (Å²) in [5.74, 6) is -0.251. The molecule has 0 aliphatic heterocycles. The number of carbonyl (C=O) groups is 1. The second-order valence-electron chi connectivity index (χ2n) is 3.64. The first-order valence-corrected chi connectivity index (χ1v) is 6.14. The number of rotatable bonds is 3. The molecule has 0 bridgehead atoms. The zero-order chi connectivity index (χ0) is 13.1. The fourth-order valence-corrected chi connectivity index (χ4v) is 1.99. The molecule has 1 aromatic carbocycles. The molecule has 0 spiro atoms. The van der Waals surface area contributed by atoms with Crippen LogP contribution in [0.4, 0.5) is 5.69 Å². The van der Waals surface area contributed by atoms with Gasteiger partial charge in [-0.1, -0.05) is 23.2 Å². The maximum absolute atomic E-state index is 12.0. The van der Waals surface area contributed by atoms with Crippen LogP contribution in [0.2, 0.25) is 10.0 Å². The second kappa shape index (κ2) is 5.42. The molecule has 0 saturated carbocycles. The zero-order valence-corrected chi connectivity index (χ0v) is 11.2. The molecule has 0 aliphatic rings. The number of amides is 1. The molecule has 1 N–H and O–H groups in total. The van der Waals surface area contributed by atoms with E-state index in [1.807, 2.05) is 6.92 Å². The van der Waals surface area contributed by atoms with Crippen LogP contribution in [0.1, 0.15) is 17.4 Å². The average Bonchev–Trinajstić information content (AvgIpc) is 2.81. The summed E-state index contributed by atoms with van der Waals surface area (Å²) < 4.78 is 1.75. The van der Waals surface area contributed by atoms with Crippen molar-refractivity contribution in [2.24, 2.45) is 0 Å². The fourth-order valence-electron chi connectivity index (χ4n) is 1.54. The third-order valence-electron chi connectivity index (χ3n) is 2.46. The van der Waals surface area contributed by atoms with Crippen molar-refractivity contribution in [2.75, 3.05) is 5.32 Å². The first kappa shape index (κ1) is 12.9. The molecule has 0 radical (unpaired) electrons. The summed E-state index contributed by atoms with van der Waals surface area (Å²) in [6, 6.07) is 4.91. The molecule has 1 aromatic heterocycles. The standard InChI is InChI=1S/C12H11Cl2N3O/c1-2-17-7-15-6-11(17)12(18)16-10-4-3-8(13)5-9(10)14/h3-7H,2H2,1H3,(H,16,18). The van der Waals surface area contributed by atoms with Crippen LogP contribution in [-0.2, 0) is 6.54 Å². The summed E-state index contributed by atoms with van der Waals surface area (Å²) in [6.07, 6.45) is 3.13. The van der Waals surface area contributed by atoms with Crippen LogP contribution in [0.5, 0.6) is 0 Å². The topological polar surface area (TPSA) is 46.9 Å². The fraction of sp³-hybridized carbons (Fsp3) is 0.167. The monoisotopic (exact) mass is 283 g/mol. The van der Waals surface area contributed by atoms with Crippen LogP contribution in [0.25, 0.3) is 0 Å². The highest BCUT2D eigenvalue weighted by atomic mass is 35.5. The summed E-state index contributed by atoms with van der Waals surface area (Å²) in [5, 5.41) is 3.65. The highest BCUT2D eigenvalue weighted by Gasteiger charge is 2.12. The van der Waals surface area contributed by atoms with E-state index >= 15 is 0 Å². The molecule has 18 heavy (non-hydrogen) atoms. The maximum Gasteiger partial charge on any atom is 0.273 e. The average molecular weight is 284 g/mol. The Balaban J connectivity index is 2.21. The summed E-state index contributed by atoms with van der Waals surface area (Å²) in [5.41, 5.74) is 1.01. The highest BCUT2D eigenvalue weighted by molar-refractivity contribution is 6.36. The first-order chi connectivity index (χ1) is 8.61. The molecule has 0 unspecified atom stereocenters. The van der Waals surface area contributed by atoms with Gasteiger partial charge in [-0.2, -0.15) is 0 Å². The Hall–Kier alpha value is -1.52. The van der Waals surface area contributed by atoms with Crippen molar-refractivity contribution in [3.05, 3.63) is 46.5 Å². The minimum Gasteiger partial charge on any atom is -0.327 e. The number of halogens is 2. The quantitative estimate of drug-likeness (QED) is 0.938. The highest BCUT2D eigenvalue weighted by Crippen LogP contribution is 2.25. The molecule has 0 saturated heterocycles. The lowest BCUT2D eigenvalue weighted by Crippen LogP contribution is -2.16. The van der Waals surface area contributed by atoms with Crippen LogP contribution >= 0.6 is 23.2 Å². The van der Waals surface area contributed by atoms with Crippen molar-refractivity contribution >= 4 is 34.8 Å². The molecule has 0 aliphatic carbocycles. The van der Waals surface area contributed by atoms with E-state index in [9.17, 15) is 4.79 Å². The Labute approximate surface area is 115 Å². The molecule has 2 rings (SSSR count). The predicted molar refractivity (Wildman–Crippen MR) is 72.3 cm³/mol. The van der Waals surface area contributed by atoms with E-state index in [0.717, 1.165) is 0 Å². The van der Waals surface area contributed by atoms with Crippen molar-refractivity contribution in [1.82, 2.24) is 9.55 Å². The van der Waals surface area contributed by atoms with Gasteiger partial charge in [-0.25, -0.2) is 4.98 Å². The number of imidazole rings is 1. The number of carbonyl (C=O) groups excluding carboxylic acids is 1. The summed E-state index contributed by atoms with van der Waals surface area (Å²) in [6.45, 7) is 2.62. The van der Waals surface area contributed by atoms with Gasteiger partial charge in [-0.05, 0) is 25.1 Å². The van der Waals surface area contributed by atoms with E-state index in [0.29, 0.717) is 28.0 Å². The minimum atomic E-state index is -0.251. The van der Waals surface area contributed by atoms with Gasteiger partial charge in [0, 0.05) is 11.6 Å². The SMILES string of the molecule is CCn1cncc1C(=O)Nc1ccc(Cl)cc1Cl. The van der Waals surface area contributed by atoms with Crippen molar-refractivity contribution in [3.63, 3.8) is 0 Å². The molecule has 2 aromatic rings. The van der Waals surface area contributed by atoms with Gasteiger partial charge in [0.05, 0.1) is 23.2 Å². The Bertz CT molecular complexity index is 580. The molecule has 1 amide bonds. The van der Waals surface area contributed by atoms with Gasteiger partial charge < -0.3 is 9.88 Å². The lowest BCUT2D eigenvalue weighted by atomic mass is 10.3. The zero-order valence-electron chi connectivity index (χ0n) is 9.65. The predicted octanol–water partition coefficient (Wildman–Crippen LogP) is 3.46. The number of nitrogens with one attached hydrogen (secondary N) is 1. The number of aromatic nitrogens is 2. The van der Waals surface area contributed by atoms with Crippen molar-refractivity contribution in [3.8, 4) is 0 Å². The molecular formula is C12H11Cl2N3O. The van der Waals surface area contributed by atoms with Gasteiger partial charge in [-0.3, -0.25) is 4.79 Å². The minimum absolute atomic E-state index is 0.251. The molecule has 1 heterocycles. The number of nitrogens with zero attached hydrogens (tertiary/aromatic N) is 2. The van der Waals surface area contributed by atoms with Crippen molar-refractivity contribution in [1.29, 1.82) is 0 Å². The molecule has 0 atom stereocenters. The number of anilines is 1. The van der Waals surface area contributed by atoms with Crippen molar-refractivity contribution < 1.29 is 4.79 Å². The summed E-state index contributed by atoms with van der Waals surface area (Å²) in [4.78, 5) is 16.0. The molecular weight excluding hydrogens is 273 g/mol. The normalized spacial score (nSPS) is 10.4. The second-order valence-corrected chi connectivity index (χ2v) is 4.49. The lowest BCUT2D eigenvalue weighted by Gasteiger charge is -2.08. The van der Waals surface area contributed by atoms with Gasteiger partial charge in [0.1, 0.15) is 5.69 Å². The van der Waals surface area contributed by atoms with Crippen LogP contribution in [0.3, 0.4) is 0 Å². The summed E-state index contributed by atoms with van der Waals surface area (Å²) in [7, 11) is 0. The Morgan fingerprint density at radius 3 is 2.89 bits per heavy atom. The van der Waals surface area contributed by atoms with E-state index in [1.54, 1.807) is 29.1 Å². The van der Waals surface area contributed by atoms with Crippen molar-refractivity contribution in [2.45, 2.75) is 13.5 Å². The lowest BCUT2D eigenvalue weighted by molar-refractivity contribution is 0.101. The number of hydrogen-bond donors (Lipinski definition) is 1. The van der Waals surface area contributed by atoms with E-state index in [-0.39, 0.29) is 5.91 Å². The summed E-state index contributed by atoms with van der Waals surface area (Å²) >= 11 is 11.8. The van der Waals surface area contributed by atoms with Crippen LogP contribution in [-0.4, -0.2) is 15.5 Å². The smallest absolute Gasteiger partial charge is 0.273 e. The van der Waals surface area contributed by atoms with Gasteiger partial charge in [0.2, 0.25) is 0 Å². The van der Waals surface area contributed by atoms with E-state index in [4.69, 9.17) is 23.2 Å². The first-order valence-electron chi connectivity index (χ1n) is 5.38. The number of benzene rings is 1. The largest absolute Gasteiger partial charge is 0.327 e. The van der Waals surface area contributed by atoms with Gasteiger partial charge in [0.15, 0.2) is 0 Å². The number of aryl methyl sites for hydroxylation is 1.